The van der Waals surface area contributed by atoms with Gasteiger partial charge in [-0.3, -0.25) is 4.79 Å². The molecule has 0 heterocycles. The van der Waals surface area contributed by atoms with Gasteiger partial charge in [-0.1, -0.05) is 13.8 Å². The van der Waals surface area contributed by atoms with Crippen molar-refractivity contribution in [1.29, 1.82) is 0 Å². The van der Waals surface area contributed by atoms with Gasteiger partial charge in [0.25, 0.3) is 0 Å². The highest BCUT2D eigenvalue weighted by Crippen LogP contribution is 2.15. The Morgan fingerprint density at radius 1 is 1.19 bits per heavy atom. The minimum absolute atomic E-state index is 0.145. The first-order valence-corrected chi connectivity index (χ1v) is 8.37. The molecular formula is C14H23N3O3S. The topological polar surface area (TPSA) is 101 Å². The summed E-state index contributed by atoms with van der Waals surface area (Å²) in [4.78, 5) is 11.1. The Morgan fingerprint density at radius 2 is 1.71 bits per heavy atom. The maximum atomic E-state index is 12.2. The van der Waals surface area contributed by atoms with E-state index in [1.807, 2.05) is 13.8 Å². The molecule has 0 fully saturated rings. The van der Waals surface area contributed by atoms with E-state index in [9.17, 15) is 13.2 Å². The van der Waals surface area contributed by atoms with E-state index in [0.29, 0.717) is 18.5 Å². The van der Waals surface area contributed by atoms with Crippen LogP contribution >= 0.6 is 0 Å². The molecule has 0 saturated carbocycles. The molecule has 0 unspecified atom stereocenters. The Morgan fingerprint density at radius 3 is 2.14 bits per heavy atom. The van der Waals surface area contributed by atoms with Crippen molar-refractivity contribution in [3.63, 3.8) is 0 Å². The number of hydrogen-bond donors (Lipinski definition) is 3. The van der Waals surface area contributed by atoms with Crippen LogP contribution < -0.4 is 15.8 Å². The van der Waals surface area contributed by atoms with Crippen LogP contribution in [0.25, 0.3) is 0 Å². The van der Waals surface area contributed by atoms with Crippen molar-refractivity contribution in [3.8, 4) is 0 Å². The molecule has 0 saturated heterocycles. The highest BCUT2D eigenvalue weighted by atomic mass is 32.2. The summed E-state index contributed by atoms with van der Waals surface area (Å²) in [5, 5.41) is 2.58. The van der Waals surface area contributed by atoms with E-state index in [1.165, 1.54) is 19.1 Å². The first-order chi connectivity index (χ1) is 9.72. The molecule has 1 aromatic carbocycles. The molecular weight excluding hydrogens is 290 g/mol. The molecule has 0 aliphatic heterocycles. The van der Waals surface area contributed by atoms with Crippen molar-refractivity contribution in [2.45, 2.75) is 44.0 Å². The van der Waals surface area contributed by atoms with Crippen molar-refractivity contribution >= 4 is 21.6 Å². The highest BCUT2D eigenvalue weighted by Gasteiger charge is 2.23. The molecule has 0 aliphatic rings. The Bertz CT molecular complexity index is 578. The minimum atomic E-state index is -3.60. The average molecular weight is 313 g/mol. The summed E-state index contributed by atoms with van der Waals surface area (Å²) in [7, 11) is -3.60. The zero-order valence-corrected chi connectivity index (χ0v) is 13.5. The standard InChI is InChI=1S/C14H23N3O3S/c1-4-14(15,5-2)10-16-21(19,20)13-8-6-12(7-9-13)17-11(3)18/h6-9,16H,4-5,10,15H2,1-3H3,(H,17,18). The number of carbonyl (C=O) groups is 1. The van der Waals surface area contributed by atoms with Crippen molar-refractivity contribution in [3.05, 3.63) is 24.3 Å². The Labute approximate surface area is 126 Å². The number of hydrogen-bond acceptors (Lipinski definition) is 4. The maximum Gasteiger partial charge on any atom is 0.240 e. The molecule has 0 spiro atoms. The van der Waals surface area contributed by atoms with E-state index >= 15 is 0 Å². The van der Waals surface area contributed by atoms with Gasteiger partial charge in [0, 0.05) is 24.7 Å². The molecule has 7 heteroatoms. The minimum Gasteiger partial charge on any atom is -0.326 e. The van der Waals surface area contributed by atoms with Crippen molar-refractivity contribution < 1.29 is 13.2 Å². The lowest BCUT2D eigenvalue weighted by Crippen LogP contribution is -2.49. The van der Waals surface area contributed by atoms with Gasteiger partial charge >= 0.3 is 0 Å². The van der Waals surface area contributed by atoms with Crippen LogP contribution in [0.4, 0.5) is 5.69 Å². The second kappa shape index (κ2) is 7.02. The Kier molecular flexibility index (Phi) is 5.88. The zero-order chi connectivity index (χ0) is 16.1. The first kappa shape index (κ1) is 17.6. The summed E-state index contributed by atoms with van der Waals surface area (Å²) in [5.41, 5.74) is 6.10. The van der Waals surface area contributed by atoms with Gasteiger partial charge in [-0.2, -0.15) is 0 Å². The number of carbonyl (C=O) groups excluding carboxylic acids is 1. The average Bonchev–Trinajstić information content (AvgIpc) is 2.45. The number of sulfonamides is 1. The summed E-state index contributed by atoms with van der Waals surface area (Å²) >= 11 is 0. The SMILES string of the molecule is CCC(N)(CC)CNS(=O)(=O)c1ccc(NC(C)=O)cc1. The lowest BCUT2D eigenvalue weighted by atomic mass is 9.95. The third kappa shape index (κ3) is 5.11. The molecule has 118 valence electrons. The maximum absolute atomic E-state index is 12.2. The largest absolute Gasteiger partial charge is 0.326 e. The van der Waals surface area contributed by atoms with E-state index in [-0.39, 0.29) is 17.3 Å². The zero-order valence-electron chi connectivity index (χ0n) is 12.6. The number of nitrogens with one attached hydrogen (secondary N) is 2. The first-order valence-electron chi connectivity index (χ1n) is 6.88. The number of amides is 1. The summed E-state index contributed by atoms with van der Waals surface area (Å²) in [6.45, 7) is 5.44. The predicted octanol–water partition coefficient (Wildman–Crippen LogP) is 1.44. The molecule has 0 aromatic heterocycles. The van der Waals surface area contributed by atoms with Gasteiger partial charge in [-0.15, -0.1) is 0 Å². The number of nitrogens with two attached hydrogens (primary N) is 1. The molecule has 1 aromatic rings. The second-order valence-corrected chi connectivity index (χ2v) is 6.87. The van der Waals surface area contributed by atoms with E-state index < -0.39 is 15.6 Å². The van der Waals surface area contributed by atoms with Crippen LogP contribution in [0.2, 0.25) is 0 Å². The molecule has 1 rings (SSSR count). The normalized spacial score (nSPS) is 12.2. The van der Waals surface area contributed by atoms with Gasteiger partial charge in [0.2, 0.25) is 15.9 Å². The Balaban J connectivity index is 2.81. The molecule has 0 atom stereocenters. The smallest absolute Gasteiger partial charge is 0.240 e. The van der Waals surface area contributed by atoms with E-state index in [4.69, 9.17) is 5.73 Å². The van der Waals surface area contributed by atoms with Crippen LogP contribution in [0.15, 0.2) is 29.2 Å². The van der Waals surface area contributed by atoms with Gasteiger partial charge < -0.3 is 11.1 Å². The van der Waals surface area contributed by atoms with Crippen LogP contribution in [-0.2, 0) is 14.8 Å². The fourth-order valence-corrected chi connectivity index (χ4v) is 2.88. The van der Waals surface area contributed by atoms with Crippen molar-refractivity contribution in [1.82, 2.24) is 4.72 Å². The van der Waals surface area contributed by atoms with E-state index in [1.54, 1.807) is 12.1 Å². The van der Waals surface area contributed by atoms with Crippen LogP contribution in [0.3, 0.4) is 0 Å². The number of anilines is 1. The fourth-order valence-electron chi connectivity index (χ4n) is 1.74. The van der Waals surface area contributed by atoms with Gasteiger partial charge in [0.05, 0.1) is 4.90 Å². The summed E-state index contributed by atoms with van der Waals surface area (Å²) in [6, 6.07) is 5.99. The van der Waals surface area contributed by atoms with Gasteiger partial charge in [-0.25, -0.2) is 13.1 Å². The number of benzene rings is 1. The fraction of sp³-hybridized carbons (Fsp3) is 0.500. The molecule has 6 nitrogen and oxygen atoms in total. The summed E-state index contributed by atoms with van der Waals surface area (Å²) < 4.78 is 26.9. The lowest BCUT2D eigenvalue weighted by Gasteiger charge is -2.26. The molecule has 0 radical (unpaired) electrons. The second-order valence-electron chi connectivity index (χ2n) is 5.10. The third-order valence-corrected chi connectivity index (χ3v) is 4.92. The third-order valence-electron chi connectivity index (χ3n) is 3.51. The highest BCUT2D eigenvalue weighted by molar-refractivity contribution is 7.89. The monoisotopic (exact) mass is 313 g/mol. The van der Waals surface area contributed by atoms with Crippen molar-refractivity contribution in [2.24, 2.45) is 5.73 Å². The number of rotatable bonds is 7. The molecule has 0 aliphatic carbocycles. The van der Waals surface area contributed by atoms with Gasteiger partial charge in [0.15, 0.2) is 0 Å². The van der Waals surface area contributed by atoms with Gasteiger partial charge in [-0.05, 0) is 37.1 Å². The van der Waals surface area contributed by atoms with E-state index in [2.05, 4.69) is 10.0 Å². The molecule has 1 amide bonds. The predicted molar refractivity (Wildman–Crippen MR) is 83.4 cm³/mol. The van der Waals surface area contributed by atoms with Crippen LogP contribution in [0.1, 0.15) is 33.6 Å². The van der Waals surface area contributed by atoms with Crippen LogP contribution in [-0.4, -0.2) is 26.4 Å². The summed E-state index contributed by atoms with van der Waals surface area (Å²) in [5.74, 6) is -0.206. The lowest BCUT2D eigenvalue weighted by molar-refractivity contribution is -0.114. The van der Waals surface area contributed by atoms with Crippen LogP contribution in [0.5, 0.6) is 0 Å². The molecule has 0 bridgehead atoms. The summed E-state index contributed by atoms with van der Waals surface area (Å²) in [6.07, 6.45) is 1.38. The quantitative estimate of drug-likeness (QED) is 0.709. The molecule has 21 heavy (non-hydrogen) atoms. The van der Waals surface area contributed by atoms with Gasteiger partial charge in [0.1, 0.15) is 0 Å². The van der Waals surface area contributed by atoms with E-state index in [0.717, 1.165) is 0 Å². The van der Waals surface area contributed by atoms with Crippen molar-refractivity contribution in [2.75, 3.05) is 11.9 Å². The van der Waals surface area contributed by atoms with Crippen LogP contribution in [0, 0.1) is 0 Å². The molecule has 4 N–H and O–H groups in total. The Hall–Kier alpha value is -1.44.